The summed E-state index contributed by atoms with van der Waals surface area (Å²) in [5, 5.41) is 23.7. The fourth-order valence-corrected chi connectivity index (χ4v) is 7.18. The van der Waals surface area contributed by atoms with Gasteiger partial charge in [0.05, 0.1) is 25.2 Å². The molecule has 0 radical (unpaired) electrons. The van der Waals surface area contributed by atoms with E-state index in [2.05, 4.69) is 111 Å². The molecule has 0 fully saturated rings. The second kappa shape index (κ2) is 48.1. The lowest BCUT2D eigenvalue weighted by Gasteiger charge is -2.24. The molecule has 0 saturated heterocycles. The number of hydrogen-bond donors (Lipinski definition) is 3. The lowest BCUT2D eigenvalue weighted by atomic mass is 10.0. The van der Waals surface area contributed by atoms with Crippen molar-refractivity contribution >= 4 is 11.9 Å². The highest BCUT2D eigenvalue weighted by Crippen LogP contribution is 2.16. The van der Waals surface area contributed by atoms with Crippen LogP contribution in [-0.4, -0.2) is 46.9 Å². The van der Waals surface area contributed by atoms with Gasteiger partial charge >= 0.3 is 5.97 Å². The first-order chi connectivity index (χ1) is 30.0. The summed E-state index contributed by atoms with van der Waals surface area (Å²) in [5.41, 5.74) is 0. The van der Waals surface area contributed by atoms with Gasteiger partial charge in [-0.3, -0.25) is 9.59 Å². The predicted molar refractivity (Wildman–Crippen MR) is 264 cm³/mol. The number of aliphatic hydroxyl groups is 2. The summed E-state index contributed by atoms with van der Waals surface area (Å²) in [5.74, 6) is -0.547. The van der Waals surface area contributed by atoms with Crippen LogP contribution in [0.2, 0.25) is 0 Å². The van der Waals surface area contributed by atoms with Gasteiger partial charge in [-0.1, -0.05) is 215 Å². The second-order valence-electron chi connectivity index (χ2n) is 16.9. The number of hydrogen-bond acceptors (Lipinski definition) is 5. The van der Waals surface area contributed by atoms with Crippen molar-refractivity contribution in [3.05, 3.63) is 85.1 Å². The maximum absolute atomic E-state index is 13.2. The molecule has 0 aliphatic rings. The van der Waals surface area contributed by atoms with Crippen molar-refractivity contribution in [1.82, 2.24) is 5.32 Å². The molecule has 0 saturated carbocycles. The van der Waals surface area contributed by atoms with E-state index in [0.29, 0.717) is 19.3 Å². The molecule has 6 heteroatoms. The minimum absolute atomic E-state index is 0.0310. The van der Waals surface area contributed by atoms with Crippen LogP contribution < -0.4 is 5.32 Å². The van der Waals surface area contributed by atoms with Crippen LogP contribution in [0.3, 0.4) is 0 Å². The Balaban J connectivity index is 4.73. The quantitative estimate of drug-likeness (QED) is 0.0246. The van der Waals surface area contributed by atoms with Crippen LogP contribution >= 0.6 is 0 Å². The zero-order chi connectivity index (χ0) is 44.5. The van der Waals surface area contributed by atoms with Gasteiger partial charge in [0.15, 0.2) is 0 Å². The molecule has 0 aromatic heterocycles. The fourth-order valence-electron chi connectivity index (χ4n) is 7.18. The molecule has 3 N–H and O–H groups in total. The van der Waals surface area contributed by atoms with Crippen molar-refractivity contribution in [2.24, 2.45) is 0 Å². The monoisotopic (exact) mass is 850 g/mol. The Morgan fingerprint density at radius 1 is 0.508 bits per heavy atom. The Bertz CT molecular complexity index is 1180. The number of nitrogens with one attached hydrogen (secondary N) is 1. The molecule has 0 aromatic carbocycles. The standard InChI is InChI=1S/C55H95NO5/c1-4-7-10-13-16-19-22-24-26-27-29-30-32-34-37-40-43-46-51(61-55(60)48-45-42-39-36-33-31-28-25-23-20-17-14-11-8-5-2)49-54(59)56-52(50-57)53(58)47-44-41-38-35-21-18-15-12-9-6-3/h8,11,14,16-17,19-20,23-24,26,29-30,34,37,51-53,57-58H,4-7,9-10,12-13,15,18,21-22,25,27-28,31-33,35-36,38-50H2,1-3H3,(H,56,59)/b11-8+,17-14+,19-16-,23-20+,26-24-,30-29-,37-34-. The summed E-state index contributed by atoms with van der Waals surface area (Å²) in [6.45, 7) is 6.29. The SMILES string of the molecule is CC/C=C/C=C/C=C/CCCCCCCCCC(=O)OC(CCC/C=C\C/C=C\C/C=C\C/C=C\CCCCC)CC(=O)NC(CO)C(O)CCCCCCCCCCCC. The number of carbonyl (C=O) groups is 2. The van der Waals surface area contributed by atoms with E-state index < -0.39 is 18.2 Å². The summed E-state index contributed by atoms with van der Waals surface area (Å²) >= 11 is 0. The molecule has 0 aliphatic heterocycles. The van der Waals surface area contributed by atoms with E-state index in [9.17, 15) is 19.8 Å². The number of amides is 1. The van der Waals surface area contributed by atoms with E-state index in [1.54, 1.807) is 0 Å². The maximum atomic E-state index is 13.2. The fraction of sp³-hybridized carbons (Fsp3) is 0.709. The van der Waals surface area contributed by atoms with Crippen molar-refractivity contribution in [2.45, 2.75) is 244 Å². The van der Waals surface area contributed by atoms with Crippen LogP contribution in [0.25, 0.3) is 0 Å². The molecule has 0 bridgehead atoms. The lowest BCUT2D eigenvalue weighted by Crippen LogP contribution is -2.46. The summed E-state index contributed by atoms with van der Waals surface area (Å²) in [7, 11) is 0. The largest absolute Gasteiger partial charge is 0.462 e. The molecule has 0 aliphatic carbocycles. The van der Waals surface area contributed by atoms with Gasteiger partial charge in [0.2, 0.25) is 5.91 Å². The summed E-state index contributed by atoms with van der Waals surface area (Å²) < 4.78 is 5.90. The van der Waals surface area contributed by atoms with E-state index in [1.165, 1.54) is 96.3 Å². The lowest BCUT2D eigenvalue weighted by molar-refractivity contribution is -0.151. The molecule has 61 heavy (non-hydrogen) atoms. The average molecular weight is 850 g/mol. The smallest absolute Gasteiger partial charge is 0.306 e. The molecule has 3 atom stereocenters. The van der Waals surface area contributed by atoms with Crippen LogP contribution in [-0.2, 0) is 14.3 Å². The van der Waals surface area contributed by atoms with Crippen molar-refractivity contribution in [2.75, 3.05) is 6.61 Å². The van der Waals surface area contributed by atoms with Crippen molar-refractivity contribution in [3.63, 3.8) is 0 Å². The van der Waals surface area contributed by atoms with Crippen LogP contribution in [0.1, 0.15) is 226 Å². The normalized spacial score (nSPS) is 14.0. The van der Waals surface area contributed by atoms with Crippen molar-refractivity contribution in [3.8, 4) is 0 Å². The van der Waals surface area contributed by atoms with E-state index in [1.807, 2.05) is 0 Å². The van der Waals surface area contributed by atoms with E-state index in [-0.39, 0.29) is 24.9 Å². The first-order valence-corrected chi connectivity index (χ1v) is 25.3. The molecule has 0 aromatic rings. The highest BCUT2D eigenvalue weighted by molar-refractivity contribution is 5.77. The van der Waals surface area contributed by atoms with Crippen LogP contribution in [0, 0.1) is 0 Å². The Morgan fingerprint density at radius 3 is 1.54 bits per heavy atom. The molecule has 0 spiro atoms. The van der Waals surface area contributed by atoms with Gasteiger partial charge in [-0.2, -0.15) is 0 Å². The Kier molecular flexibility index (Phi) is 45.7. The molecule has 350 valence electrons. The third-order valence-electron chi connectivity index (χ3n) is 11.0. The zero-order valence-corrected chi connectivity index (χ0v) is 39.8. The van der Waals surface area contributed by atoms with Crippen molar-refractivity contribution in [1.29, 1.82) is 0 Å². The zero-order valence-electron chi connectivity index (χ0n) is 39.8. The van der Waals surface area contributed by atoms with Gasteiger partial charge in [-0.25, -0.2) is 0 Å². The Hall–Kier alpha value is -2.96. The van der Waals surface area contributed by atoms with E-state index >= 15 is 0 Å². The minimum atomic E-state index is -0.807. The van der Waals surface area contributed by atoms with Crippen LogP contribution in [0.15, 0.2) is 85.1 Å². The summed E-state index contributed by atoms with van der Waals surface area (Å²) in [4.78, 5) is 26.1. The molecular weight excluding hydrogens is 755 g/mol. The van der Waals surface area contributed by atoms with Gasteiger partial charge in [0.25, 0.3) is 0 Å². The highest BCUT2D eigenvalue weighted by atomic mass is 16.5. The first-order valence-electron chi connectivity index (χ1n) is 25.3. The third kappa shape index (κ3) is 43.5. The number of unbranched alkanes of at least 4 members (excludes halogenated alkanes) is 20. The van der Waals surface area contributed by atoms with E-state index in [0.717, 1.165) is 83.5 Å². The highest BCUT2D eigenvalue weighted by Gasteiger charge is 2.24. The van der Waals surface area contributed by atoms with Crippen LogP contribution in [0.5, 0.6) is 0 Å². The average Bonchev–Trinajstić information content (AvgIpc) is 3.25. The van der Waals surface area contributed by atoms with Gasteiger partial charge < -0.3 is 20.3 Å². The number of rotatable bonds is 44. The second-order valence-corrected chi connectivity index (χ2v) is 16.9. The molecular formula is C55H95NO5. The Labute approximate surface area is 376 Å². The number of ether oxygens (including phenoxy) is 1. The third-order valence-corrected chi connectivity index (χ3v) is 11.0. The van der Waals surface area contributed by atoms with Gasteiger partial charge in [0.1, 0.15) is 6.10 Å². The number of allylic oxidation sites excluding steroid dienone is 14. The molecule has 1 amide bonds. The Morgan fingerprint density at radius 2 is 0.967 bits per heavy atom. The van der Waals surface area contributed by atoms with Gasteiger partial charge in [-0.05, 0) is 83.5 Å². The maximum Gasteiger partial charge on any atom is 0.306 e. The summed E-state index contributed by atoms with van der Waals surface area (Å²) in [6.07, 6.45) is 62.1. The van der Waals surface area contributed by atoms with Gasteiger partial charge in [0, 0.05) is 6.42 Å². The van der Waals surface area contributed by atoms with Crippen LogP contribution in [0.4, 0.5) is 0 Å². The van der Waals surface area contributed by atoms with Crippen molar-refractivity contribution < 1.29 is 24.5 Å². The number of esters is 1. The number of carbonyl (C=O) groups excluding carboxylic acids is 2. The molecule has 0 heterocycles. The molecule has 3 unspecified atom stereocenters. The molecule has 6 nitrogen and oxygen atoms in total. The minimum Gasteiger partial charge on any atom is -0.462 e. The number of aliphatic hydroxyl groups excluding tert-OH is 2. The topological polar surface area (TPSA) is 95.9 Å². The van der Waals surface area contributed by atoms with E-state index in [4.69, 9.17) is 4.74 Å². The first kappa shape index (κ1) is 58.0. The van der Waals surface area contributed by atoms with Gasteiger partial charge in [-0.15, -0.1) is 0 Å². The predicted octanol–water partition coefficient (Wildman–Crippen LogP) is 15.2. The summed E-state index contributed by atoms with van der Waals surface area (Å²) in [6, 6.07) is -0.724. The molecule has 0 rings (SSSR count).